The van der Waals surface area contributed by atoms with Gasteiger partial charge in [0.1, 0.15) is 11.9 Å². The first-order valence-electron chi connectivity index (χ1n) is 7.55. The lowest BCUT2D eigenvalue weighted by atomic mass is 9.86. The van der Waals surface area contributed by atoms with Crippen LogP contribution in [0.5, 0.6) is 0 Å². The number of nitrogens with two attached hydrogens (primary N) is 1. The molecule has 0 radical (unpaired) electrons. The SMILES string of the molecule is Cc1n[nH]c(C)c1-c1cc(C2CCNCC2)c(C#N)c(N)n1. The minimum Gasteiger partial charge on any atom is -0.383 e. The molecule has 1 aliphatic rings. The van der Waals surface area contributed by atoms with Crippen LogP contribution in [0.25, 0.3) is 11.3 Å². The van der Waals surface area contributed by atoms with E-state index in [1.54, 1.807) is 0 Å². The first-order chi connectivity index (χ1) is 10.6. The predicted molar refractivity (Wildman–Crippen MR) is 85.3 cm³/mol. The van der Waals surface area contributed by atoms with Gasteiger partial charge in [0.25, 0.3) is 0 Å². The number of pyridine rings is 1. The summed E-state index contributed by atoms with van der Waals surface area (Å²) in [5.74, 6) is 0.668. The van der Waals surface area contributed by atoms with Crippen molar-refractivity contribution in [3.8, 4) is 17.3 Å². The van der Waals surface area contributed by atoms with Crippen LogP contribution >= 0.6 is 0 Å². The van der Waals surface area contributed by atoms with Gasteiger partial charge in [-0.05, 0) is 57.3 Å². The van der Waals surface area contributed by atoms with Gasteiger partial charge >= 0.3 is 0 Å². The average molecular weight is 296 g/mol. The smallest absolute Gasteiger partial charge is 0.142 e. The van der Waals surface area contributed by atoms with Crippen LogP contribution in [0.15, 0.2) is 6.07 Å². The molecule has 3 heterocycles. The normalized spacial score (nSPS) is 15.7. The van der Waals surface area contributed by atoms with Crippen LogP contribution in [0.4, 0.5) is 5.82 Å². The van der Waals surface area contributed by atoms with Crippen LogP contribution in [-0.4, -0.2) is 28.3 Å². The number of hydrogen-bond donors (Lipinski definition) is 3. The van der Waals surface area contributed by atoms with Crippen LogP contribution in [0.1, 0.15) is 41.3 Å². The van der Waals surface area contributed by atoms with E-state index in [4.69, 9.17) is 5.73 Å². The minimum absolute atomic E-state index is 0.313. The maximum atomic E-state index is 9.46. The molecule has 6 nitrogen and oxygen atoms in total. The largest absolute Gasteiger partial charge is 0.383 e. The molecule has 1 aliphatic heterocycles. The van der Waals surface area contributed by atoms with E-state index in [2.05, 4.69) is 26.6 Å². The third-order valence-electron chi connectivity index (χ3n) is 4.35. The maximum absolute atomic E-state index is 9.46. The number of piperidine rings is 1. The highest BCUT2D eigenvalue weighted by atomic mass is 15.1. The standard InChI is InChI=1S/C16H20N6/c1-9-15(10(2)22-21-9)14-7-12(11-3-5-19-6-4-11)13(8-17)16(18)20-14/h7,11,19H,3-6H2,1-2H3,(H2,18,20)(H,21,22). The Morgan fingerprint density at radius 2 is 2.05 bits per heavy atom. The highest BCUT2D eigenvalue weighted by molar-refractivity contribution is 5.70. The molecule has 0 aromatic carbocycles. The van der Waals surface area contributed by atoms with Gasteiger partial charge in [0.15, 0.2) is 0 Å². The van der Waals surface area contributed by atoms with Crippen molar-refractivity contribution in [1.29, 1.82) is 5.26 Å². The van der Waals surface area contributed by atoms with Crippen molar-refractivity contribution in [3.63, 3.8) is 0 Å². The first kappa shape index (κ1) is 14.5. The van der Waals surface area contributed by atoms with E-state index < -0.39 is 0 Å². The van der Waals surface area contributed by atoms with E-state index in [0.717, 1.165) is 54.1 Å². The molecule has 0 aliphatic carbocycles. The van der Waals surface area contributed by atoms with Crippen molar-refractivity contribution in [2.75, 3.05) is 18.8 Å². The number of nitriles is 1. The molecule has 0 atom stereocenters. The summed E-state index contributed by atoms with van der Waals surface area (Å²) < 4.78 is 0. The maximum Gasteiger partial charge on any atom is 0.142 e. The Kier molecular flexibility index (Phi) is 3.82. The van der Waals surface area contributed by atoms with Gasteiger partial charge in [-0.3, -0.25) is 5.10 Å². The Hall–Kier alpha value is -2.39. The highest BCUT2D eigenvalue weighted by Crippen LogP contribution is 2.34. The van der Waals surface area contributed by atoms with Gasteiger partial charge in [0.2, 0.25) is 0 Å². The molecule has 0 unspecified atom stereocenters. The molecule has 1 saturated heterocycles. The molecule has 0 saturated carbocycles. The van der Waals surface area contributed by atoms with Gasteiger partial charge in [-0.25, -0.2) is 4.98 Å². The fourth-order valence-electron chi connectivity index (χ4n) is 3.22. The third kappa shape index (κ3) is 2.44. The summed E-state index contributed by atoms with van der Waals surface area (Å²) in [5, 5.41) is 20.0. The number of anilines is 1. The summed E-state index contributed by atoms with van der Waals surface area (Å²) in [4.78, 5) is 4.44. The summed E-state index contributed by atoms with van der Waals surface area (Å²) >= 11 is 0. The Morgan fingerprint density at radius 1 is 1.32 bits per heavy atom. The number of rotatable bonds is 2. The summed E-state index contributed by atoms with van der Waals surface area (Å²) in [6.07, 6.45) is 2.03. The summed E-state index contributed by atoms with van der Waals surface area (Å²) in [7, 11) is 0. The molecule has 0 bridgehead atoms. The molecule has 22 heavy (non-hydrogen) atoms. The lowest BCUT2D eigenvalue weighted by molar-refractivity contribution is 0.460. The Morgan fingerprint density at radius 3 is 2.64 bits per heavy atom. The van der Waals surface area contributed by atoms with E-state index in [0.29, 0.717) is 17.3 Å². The third-order valence-corrected chi connectivity index (χ3v) is 4.35. The van der Waals surface area contributed by atoms with E-state index in [1.165, 1.54) is 0 Å². The van der Waals surface area contributed by atoms with Crippen molar-refractivity contribution in [3.05, 3.63) is 28.6 Å². The van der Waals surface area contributed by atoms with E-state index in [-0.39, 0.29) is 0 Å². The summed E-state index contributed by atoms with van der Waals surface area (Å²) in [5.41, 5.74) is 11.2. The van der Waals surface area contributed by atoms with Crippen LogP contribution in [0.3, 0.4) is 0 Å². The fourth-order valence-corrected chi connectivity index (χ4v) is 3.22. The molecule has 1 fully saturated rings. The van der Waals surface area contributed by atoms with E-state index in [1.807, 2.05) is 19.9 Å². The average Bonchev–Trinajstić information content (AvgIpc) is 2.86. The van der Waals surface area contributed by atoms with Crippen molar-refractivity contribution in [2.45, 2.75) is 32.6 Å². The number of aromatic nitrogens is 3. The first-order valence-corrected chi connectivity index (χ1v) is 7.55. The van der Waals surface area contributed by atoms with Crippen LogP contribution in [0.2, 0.25) is 0 Å². The van der Waals surface area contributed by atoms with Crippen LogP contribution in [-0.2, 0) is 0 Å². The monoisotopic (exact) mass is 296 g/mol. The second kappa shape index (κ2) is 5.78. The predicted octanol–water partition coefficient (Wildman–Crippen LogP) is 2.01. The molecular formula is C16H20N6. The number of nitrogens with zero attached hydrogens (tertiary/aromatic N) is 3. The van der Waals surface area contributed by atoms with Gasteiger partial charge in [-0.1, -0.05) is 0 Å². The molecule has 0 spiro atoms. The zero-order valence-corrected chi connectivity index (χ0v) is 12.9. The number of nitrogens with one attached hydrogen (secondary N) is 2. The van der Waals surface area contributed by atoms with Crippen LogP contribution < -0.4 is 11.1 Å². The van der Waals surface area contributed by atoms with Crippen molar-refractivity contribution >= 4 is 5.82 Å². The van der Waals surface area contributed by atoms with Gasteiger partial charge in [-0.2, -0.15) is 10.4 Å². The summed E-state index contributed by atoms with van der Waals surface area (Å²) in [6, 6.07) is 4.26. The van der Waals surface area contributed by atoms with E-state index >= 15 is 0 Å². The summed E-state index contributed by atoms with van der Waals surface area (Å²) in [6.45, 7) is 5.85. The number of nitrogen functional groups attached to an aromatic ring is 1. The molecule has 3 rings (SSSR count). The lowest BCUT2D eigenvalue weighted by Crippen LogP contribution is -2.27. The second-order valence-corrected chi connectivity index (χ2v) is 5.80. The van der Waals surface area contributed by atoms with Gasteiger partial charge < -0.3 is 11.1 Å². The second-order valence-electron chi connectivity index (χ2n) is 5.80. The number of H-pyrrole nitrogens is 1. The molecule has 6 heteroatoms. The Balaban J connectivity index is 2.14. The van der Waals surface area contributed by atoms with Gasteiger partial charge in [0.05, 0.1) is 17.0 Å². The van der Waals surface area contributed by atoms with Crippen LogP contribution in [0, 0.1) is 25.2 Å². The fraction of sp³-hybridized carbons (Fsp3) is 0.438. The zero-order chi connectivity index (χ0) is 15.7. The molecule has 4 N–H and O–H groups in total. The van der Waals surface area contributed by atoms with Crippen molar-refractivity contribution in [2.24, 2.45) is 0 Å². The zero-order valence-electron chi connectivity index (χ0n) is 12.9. The van der Waals surface area contributed by atoms with Gasteiger partial charge in [-0.15, -0.1) is 0 Å². The minimum atomic E-state index is 0.313. The number of hydrogen-bond acceptors (Lipinski definition) is 5. The Labute approximate surface area is 129 Å². The number of aryl methyl sites for hydroxylation is 2. The molecular weight excluding hydrogens is 276 g/mol. The molecule has 0 amide bonds. The topological polar surface area (TPSA) is 103 Å². The van der Waals surface area contributed by atoms with Gasteiger partial charge in [0, 0.05) is 11.3 Å². The quantitative estimate of drug-likeness (QED) is 0.786. The molecule has 2 aromatic heterocycles. The van der Waals surface area contributed by atoms with Crippen molar-refractivity contribution < 1.29 is 0 Å². The van der Waals surface area contributed by atoms with Crippen molar-refractivity contribution in [1.82, 2.24) is 20.5 Å². The van der Waals surface area contributed by atoms with E-state index in [9.17, 15) is 5.26 Å². The molecule has 2 aromatic rings. The highest BCUT2D eigenvalue weighted by Gasteiger charge is 2.23. The molecule has 114 valence electrons. The lowest BCUT2D eigenvalue weighted by Gasteiger charge is -2.24. The Bertz CT molecular complexity index is 714. The number of aromatic amines is 1.